The van der Waals surface area contributed by atoms with Crippen molar-refractivity contribution >= 4 is 49.0 Å². The molecule has 5 amide bonds. The van der Waals surface area contributed by atoms with E-state index >= 15 is 0 Å². The number of aromatic nitrogens is 1. The van der Waals surface area contributed by atoms with E-state index in [0.29, 0.717) is 31.3 Å². The summed E-state index contributed by atoms with van der Waals surface area (Å²) < 4.78 is 32.6. The van der Waals surface area contributed by atoms with E-state index in [9.17, 15) is 32.8 Å². The third-order valence-corrected chi connectivity index (χ3v) is 9.76. The molecule has 3 heterocycles. The standard InChI is InChI=1S/C34H42F2N7O8P/c1-19(20-6-4-3-5-7-20)38-30(45)25(11-13-29(37)44)40-32(47)28-12-9-23-14-15-42(2)18-27(33(48)43(23)28)41-31(46)26-17-21-16-22(8-10-24(21)39-26)34(35,36)51-52(49)50/h3-8,10,16-17,19,23,25,27-28,39,49-50H,9,11-15,18H2,1-2H3,(H2,37,44)(H,38,45)(H,40,47)(H,41,46)/t19-,23+,25-,27-,28-/m0/s1. The summed E-state index contributed by atoms with van der Waals surface area (Å²) in [5.74, 6) is -2.93. The highest BCUT2D eigenvalue weighted by molar-refractivity contribution is 7.39. The first kappa shape index (κ1) is 38.7. The third kappa shape index (κ3) is 9.27. The van der Waals surface area contributed by atoms with E-state index in [1.54, 1.807) is 14.0 Å². The van der Waals surface area contributed by atoms with Gasteiger partial charge in [0, 0.05) is 29.9 Å². The monoisotopic (exact) mass is 745 g/mol. The number of alkyl halides is 2. The molecule has 52 heavy (non-hydrogen) atoms. The van der Waals surface area contributed by atoms with Gasteiger partial charge < -0.3 is 46.3 Å². The lowest BCUT2D eigenvalue weighted by molar-refractivity contribution is -0.189. The molecule has 8 N–H and O–H groups in total. The maximum Gasteiger partial charge on any atom is 0.389 e. The lowest BCUT2D eigenvalue weighted by Crippen LogP contribution is -2.61. The second kappa shape index (κ2) is 16.4. The van der Waals surface area contributed by atoms with Gasteiger partial charge in [-0.2, -0.15) is 8.78 Å². The number of carbonyl (C=O) groups excluding carboxylic acids is 5. The maximum absolute atomic E-state index is 14.3. The summed E-state index contributed by atoms with van der Waals surface area (Å²) >= 11 is 0. The highest BCUT2D eigenvalue weighted by Gasteiger charge is 2.45. The summed E-state index contributed by atoms with van der Waals surface area (Å²) in [6.07, 6.45) is -2.82. The van der Waals surface area contributed by atoms with Crippen LogP contribution in [0.1, 0.15) is 66.7 Å². The first-order valence-electron chi connectivity index (χ1n) is 16.8. The maximum atomic E-state index is 14.3. The van der Waals surface area contributed by atoms with Crippen molar-refractivity contribution < 1.29 is 47.1 Å². The number of amides is 5. The Morgan fingerprint density at radius 3 is 2.50 bits per heavy atom. The minimum absolute atomic E-state index is 0.0271. The predicted octanol–water partition coefficient (Wildman–Crippen LogP) is 1.87. The van der Waals surface area contributed by atoms with E-state index in [0.717, 1.165) is 17.7 Å². The number of fused-ring (bicyclic) bond motifs is 2. The number of benzene rings is 2. The number of primary amides is 1. The summed E-state index contributed by atoms with van der Waals surface area (Å²) in [4.78, 5) is 90.5. The van der Waals surface area contributed by atoms with Crippen molar-refractivity contribution in [1.82, 2.24) is 30.7 Å². The molecule has 2 aliphatic rings. The Kier molecular flexibility index (Phi) is 12.2. The molecule has 280 valence electrons. The number of hydrogen-bond acceptors (Lipinski definition) is 9. The Bertz CT molecular complexity index is 1800. The van der Waals surface area contributed by atoms with Crippen LogP contribution in [0.4, 0.5) is 8.78 Å². The number of nitrogens with zero attached hydrogens (tertiary/aromatic N) is 2. The van der Waals surface area contributed by atoms with Crippen LogP contribution < -0.4 is 21.7 Å². The number of halogens is 2. The van der Waals surface area contributed by atoms with Crippen molar-refractivity contribution in [3.8, 4) is 0 Å². The van der Waals surface area contributed by atoms with Crippen LogP contribution in [0.25, 0.3) is 10.9 Å². The molecule has 0 saturated carbocycles. The van der Waals surface area contributed by atoms with Gasteiger partial charge in [-0.25, -0.2) is 4.52 Å². The molecule has 5 rings (SSSR count). The molecule has 2 saturated heterocycles. The van der Waals surface area contributed by atoms with Gasteiger partial charge in [0.05, 0.1) is 11.6 Å². The predicted molar refractivity (Wildman–Crippen MR) is 185 cm³/mol. The molecule has 0 bridgehead atoms. The first-order valence-corrected chi connectivity index (χ1v) is 17.9. The zero-order valence-corrected chi connectivity index (χ0v) is 29.4. The number of carbonyl (C=O) groups is 5. The quantitative estimate of drug-likeness (QED) is 0.127. The first-order chi connectivity index (χ1) is 24.6. The van der Waals surface area contributed by atoms with Gasteiger partial charge in [-0.1, -0.05) is 30.3 Å². The van der Waals surface area contributed by atoms with E-state index in [1.807, 2.05) is 35.2 Å². The molecule has 0 aliphatic carbocycles. The van der Waals surface area contributed by atoms with Crippen LogP contribution >= 0.6 is 8.60 Å². The van der Waals surface area contributed by atoms with Crippen LogP contribution in [0.3, 0.4) is 0 Å². The van der Waals surface area contributed by atoms with Crippen molar-refractivity contribution in [3.63, 3.8) is 0 Å². The normalized spacial score (nSPS) is 20.9. The molecule has 2 aliphatic heterocycles. The van der Waals surface area contributed by atoms with Gasteiger partial charge in [0.15, 0.2) is 0 Å². The lowest BCUT2D eigenvalue weighted by atomic mass is 10.1. The fraction of sp³-hybridized carbons (Fsp3) is 0.441. The zero-order valence-electron chi connectivity index (χ0n) is 28.6. The van der Waals surface area contributed by atoms with Gasteiger partial charge in [-0.05, 0) is 76.0 Å². The minimum Gasteiger partial charge on any atom is -0.370 e. The van der Waals surface area contributed by atoms with Crippen molar-refractivity contribution in [2.24, 2.45) is 5.73 Å². The van der Waals surface area contributed by atoms with Gasteiger partial charge in [-0.15, -0.1) is 0 Å². The van der Waals surface area contributed by atoms with Gasteiger partial charge in [0.25, 0.3) is 5.91 Å². The fourth-order valence-electron chi connectivity index (χ4n) is 6.68. The number of nitrogens with one attached hydrogen (secondary N) is 4. The fourth-order valence-corrected chi connectivity index (χ4v) is 7.00. The molecule has 0 spiro atoms. The summed E-state index contributed by atoms with van der Waals surface area (Å²) in [5, 5.41) is 8.55. The van der Waals surface area contributed by atoms with Crippen molar-refractivity contribution in [1.29, 1.82) is 0 Å². The molecule has 2 fully saturated rings. The molecule has 1 aromatic heterocycles. The SMILES string of the molecule is C[C@H](NC(=O)[C@H](CCC(N)=O)NC(=O)[C@@H]1CC[C@@H]2CCN(C)C[C@H](NC(=O)c3cc4cc(C(F)(F)OP(O)O)ccc4[nH]3)C(=O)N21)c1ccccc1. The van der Waals surface area contributed by atoms with Crippen LogP contribution in [-0.2, 0) is 29.8 Å². The highest BCUT2D eigenvalue weighted by Crippen LogP contribution is 2.42. The van der Waals surface area contributed by atoms with Crippen LogP contribution in [0, 0.1) is 0 Å². The largest absolute Gasteiger partial charge is 0.389 e. The summed E-state index contributed by atoms with van der Waals surface area (Å²) in [6.45, 7) is 2.46. The van der Waals surface area contributed by atoms with Gasteiger partial charge in [0.1, 0.15) is 23.8 Å². The number of H-pyrrole nitrogens is 1. The van der Waals surface area contributed by atoms with Crippen molar-refractivity contribution in [3.05, 3.63) is 71.4 Å². The van der Waals surface area contributed by atoms with E-state index in [2.05, 4.69) is 25.5 Å². The number of hydrogen-bond donors (Lipinski definition) is 7. The summed E-state index contributed by atoms with van der Waals surface area (Å²) in [7, 11) is -1.54. The molecule has 15 nitrogen and oxygen atoms in total. The van der Waals surface area contributed by atoms with Crippen LogP contribution in [0.5, 0.6) is 0 Å². The van der Waals surface area contributed by atoms with Gasteiger partial charge in [0.2, 0.25) is 23.6 Å². The highest BCUT2D eigenvalue weighted by atomic mass is 31.2. The number of rotatable bonds is 13. The Hall–Kier alpha value is -4.54. The van der Waals surface area contributed by atoms with E-state index in [4.69, 9.17) is 15.5 Å². The molecule has 0 unspecified atom stereocenters. The summed E-state index contributed by atoms with van der Waals surface area (Å²) in [5.41, 5.74) is 5.84. The molecule has 5 atom stereocenters. The average molecular weight is 746 g/mol. The third-order valence-electron chi connectivity index (χ3n) is 9.37. The second-order valence-electron chi connectivity index (χ2n) is 13.1. The van der Waals surface area contributed by atoms with E-state index < -0.39 is 74.0 Å². The minimum atomic E-state index is -4.00. The van der Waals surface area contributed by atoms with Crippen molar-refractivity contribution in [2.45, 2.75) is 75.3 Å². The van der Waals surface area contributed by atoms with Gasteiger partial charge >= 0.3 is 14.7 Å². The van der Waals surface area contributed by atoms with Crippen molar-refractivity contribution in [2.75, 3.05) is 20.1 Å². The number of likely N-dealkylation sites (N-methyl/N-ethyl adjacent to an activating group) is 1. The Balaban J connectivity index is 1.31. The molecule has 3 aromatic rings. The number of aromatic amines is 1. The topological polar surface area (TPSA) is 219 Å². The van der Waals surface area contributed by atoms with Crippen LogP contribution in [-0.4, -0.2) is 98.4 Å². The molecule has 0 radical (unpaired) electrons. The smallest absolute Gasteiger partial charge is 0.370 e. The molecular formula is C34H42F2N7O8P. The Morgan fingerprint density at radius 2 is 1.81 bits per heavy atom. The molecule has 18 heteroatoms. The second-order valence-corrected chi connectivity index (χ2v) is 13.8. The Morgan fingerprint density at radius 1 is 1.08 bits per heavy atom. The summed E-state index contributed by atoms with van der Waals surface area (Å²) in [6, 6.07) is 9.96. The van der Waals surface area contributed by atoms with Crippen LogP contribution in [0.15, 0.2) is 54.6 Å². The Labute approximate surface area is 299 Å². The van der Waals surface area contributed by atoms with Crippen LogP contribution in [0.2, 0.25) is 0 Å². The average Bonchev–Trinajstić information content (AvgIpc) is 3.72. The zero-order chi connectivity index (χ0) is 37.7. The van der Waals surface area contributed by atoms with E-state index in [1.165, 1.54) is 17.0 Å². The lowest BCUT2D eigenvalue weighted by Gasteiger charge is -2.38. The molecule has 2 aromatic carbocycles. The van der Waals surface area contributed by atoms with E-state index in [-0.39, 0.29) is 36.5 Å². The molecular weight excluding hydrogens is 703 g/mol. The van der Waals surface area contributed by atoms with Gasteiger partial charge in [-0.3, -0.25) is 24.0 Å². The number of nitrogens with two attached hydrogens (primary N) is 1.